The van der Waals surface area contributed by atoms with Gasteiger partial charge in [-0.3, -0.25) is 9.58 Å². The van der Waals surface area contributed by atoms with Gasteiger partial charge in [0, 0.05) is 50.7 Å². The summed E-state index contributed by atoms with van der Waals surface area (Å²) < 4.78 is 21.1. The highest BCUT2D eigenvalue weighted by Crippen LogP contribution is 2.26. The van der Waals surface area contributed by atoms with E-state index in [1.807, 2.05) is 23.1 Å². The maximum absolute atomic E-state index is 13.4. The monoisotopic (exact) mass is 343 g/mol. The zero-order valence-corrected chi connectivity index (χ0v) is 14.3. The van der Waals surface area contributed by atoms with Crippen LogP contribution in [0.5, 0.6) is 0 Å². The Balaban J connectivity index is 1.45. The molecule has 1 aliphatic rings. The summed E-state index contributed by atoms with van der Waals surface area (Å²) in [7, 11) is 0. The number of rotatable bonds is 5. The third-order valence-corrected chi connectivity index (χ3v) is 4.83. The molecule has 2 aromatic heterocycles. The average Bonchev–Trinajstić information content (AvgIpc) is 3.28. The van der Waals surface area contributed by atoms with Crippen LogP contribution in [0, 0.1) is 5.82 Å². The second-order valence-corrected chi connectivity index (χ2v) is 6.43. The van der Waals surface area contributed by atoms with Crippen LogP contribution < -0.4 is 4.90 Å². The average molecular weight is 343 g/mol. The van der Waals surface area contributed by atoms with Crippen molar-refractivity contribution in [2.45, 2.75) is 25.9 Å². The Hall–Kier alpha value is -2.41. The van der Waals surface area contributed by atoms with Gasteiger partial charge in [-0.25, -0.2) is 4.39 Å². The van der Waals surface area contributed by atoms with E-state index < -0.39 is 0 Å². The Morgan fingerprint density at radius 1 is 1.28 bits per heavy atom. The van der Waals surface area contributed by atoms with Crippen molar-refractivity contribution in [3.63, 3.8) is 0 Å². The van der Waals surface area contributed by atoms with E-state index in [9.17, 15) is 4.39 Å². The van der Waals surface area contributed by atoms with E-state index in [0.29, 0.717) is 23.2 Å². The molecule has 1 aliphatic heterocycles. The third kappa shape index (κ3) is 3.37. The van der Waals surface area contributed by atoms with Crippen LogP contribution in [0.3, 0.4) is 0 Å². The maximum atomic E-state index is 13.4. The number of halogens is 1. The Bertz CT molecular complexity index is 831. The van der Waals surface area contributed by atoms with Crippen molar-refractivity contribution >= 4 is 17.1 Å². The molecule has 1 unspecified atom stereocenters. The van der Waals surface area contributed by atoms with Crippen LogP contribution >= 0.6 is 0 Å². The summed E-state index contributed by atoms with van der Waals surface area (Å²) in [6.07, 6.45) is 4.80. The lowest BCUT2D eigenvalue weighted by Gasteiger charge is -2.40. The summed E-state index contributed by atoms with van der Waals surface area (Å²) in [6, 6.07) is 7.36. The Kier molecular flexibility index (Phi) is 4.40. The molecule has 0 amide bonds. The van der Waals surface area contributed by atoms with Gasteiger partial charge in [0.1, 0.15) is 11.3 Å². The molecule has 0 saturated carbocycles. The van der Waals surface area contributed by atoms with Crippen molar-refractivity contribution in [2.24, 2.45) is 0 Å². The standard InChI is InChI=1S/C18H22FN5O/c1-2-15-13-22(8-10-23-7-3-6-20-23)9-11-24(15)18-21-16-5-4-14(19)12-17(16)25-18/h3-7,12,15H,2,8-11,13H2,1H3. The van der Waals surface area contributed by atoms with E-state index in [-0.39, 0.29) is 5.82 Å². The number of fused-ring (bicyclic) bond motifs is 1. The molecule has 0 N–H and O–H groups in total. The summed E-state index contributed by atoms with van der Waals surface area (Å²) in [5.74, 6) is -0.300. The third-order valence-electron chi connectivity index (χ3n) is 4.83. The highest BCUT2D eigenvalue weighted by molar-refractivity contribution is 5.74. The number of oxazole rings is 1. The van der Waals surface area contributed by atoms with Crippen molar-refractivity contribution < 1.29 is 8.81 Å². The molecule has 7 heteroatoms. The minimum absolute atomic E-state index is 0.300. The number of hydrogen-bond acceptors (Lipinski definition) is 5. The minimum atomic E-state index is -0.300. The highest BCUT2D eigenvalue weighted by atomic mass is 19.1. The molecular weight excluding hydrogens is 321 g/mol. The SMILES string of the molecule is CCC1CN(CCn2cccn2)CCN1c1nc2ccc(F)cc2o1. The Labute approximate surface area is 145 Å². The lowest BCUT2D eigenvalue weighted by Crippen LogP contribution is -2.53. The second-order valence-electron chi connectivity index (χ2n) is 6.43. The first-order valence-electron chi connectivity index (χ1n) is 8.75. The molecule has 25 heavy (non-hydrogen) atoms. The van der Waals surface area contributed by atoms with Crippen molar-refractivity contribution in [1.82, 2.24) is 19.7 Å². The summed E-state index contributed by atoms with van der Waals surface area (Å²) >= 11 is 0. The second kappa shape index (κ2) is 6.84. The van der Waals surface area contributed by atoms with Crippen LogP contribution in [-0.4, -0.2) is 51.9 Å². The predicted octanol–water partition coefficient (Wildman–Crippen LogP) is 2.76. The molecule has 0 bridgehead atoms. The van der Waals surface area contributed by atoms with Crippen LogP contribution in [0.2, 0.25) is 0 Å². The molecule has 132 valence electrons. The molecule has 1 aromatic carbocycles. The van der Waals surface area contributed by atoms with Crippen molar-refractivity contribution in [1.29, 1.82) is 0 Å². The molecule has 3 aromatic rings. The van der Waals surface area contributed by atoms with Crippen LogP contribution in [0.15, 0.2) is 41.1 Å². The Morgan fingerprint density at radius 2 is 2.20 bits per heavy atom. The summed E-state index contributed by atoms with van der Waals surface area (Å²) in [6.45, 7) is 6.82. The van der Waals surface area contributed by atoms with E-state index >= 15 is 0 Å². The first-order chi connectivity index (χ1) is 12.2. The molecule has 1 saturated heterocycles. The van der Waals surface area contributed by atoms with E-state index in [1.165, 1.54) is 12.1 Å². The zero-order valence-electron chi connectivity index (χ0n) is 14.3. The largest absolute Gasteiger partial charge is 0.423 e. The van der Waals surface area contributed by atoms with Gasteiger partial charge in [-0.1, -0.05) is 6.92 Å². The summed E-state index contributed by atoms with van der Waals surface area (Å²) in [5, 5.41) is 4.26. The fourth-order valence-corrected chi connectivity index (χ4v) is 3.41. The molecule has 0 spiro atoms. The smallest absolute Gasteiger partial charge is 0.298 e. The number of piperazine rings is 1. The van der Waals surface area contributed by atoms with Crippen LogP contribution in [0.4, 0.5) is 10.4 Å². The van der Waals surface area contributed by atoms with Crippen molar-refractivity contribution in [3.05, 3.63) is 42.5 Å². The van der Waals surface area contributed by atoms with E-state index in [1.54, 1.807) is 6.07 Å². The number of nitrogens with zero attached hydrogens (tertiary/aromatic N) is 5. The molecule has 4 rings (SSSR count). The highest BCUT2D eigenvalue weighted by Gasteiger charge is 2.29. The number of aromatic nitrogens is 3. The Morgan fingerprint density at radius 3 is 3.00 bits per heavy atom. The first kappa shape index (κ1) is 16.1. The minimum Gasteiger partial charge on any atom is -0.423 e. The van der Waals surface area contributed by atoms with Gasteiger partial charge in [-0.2, -0.15) is 10.1 Å². The molecule has 3 heterocycles. The van der Waals surface area contributed by atoms with Gasteiger partial charge in [0.15, 0.2) is 5.58 Å². The summed E-state index contributed by atoms with van der Waals surface area (Å²) in [5.41, 5.74) is 1.21. The van der Waals surface area contributed by atoms with E-state index in [2.05, 4.69) is 26.8 Å². The van der Waals surface area contributed by atoms with Gasteiger partial charge < -0.3 is 9.32 Å². The molecule has 1 atom stereocenters. The molecule has 6 nitrogen and oxygen atoms in total. The zero-order chi connectivity index (χ0) is 17.2. The van der Waals surface area contributed by atoms with Gasteiger partial charge >= 0.3 is 0 Å². The van der Waals surface area contributed by atoms with Gasteiger partial charge in [0.2, 0.25) is 0 Å². The van der Waals surface area contributed by atoms with Crippen molar-refractivity contribution in [2.75, 3.05) is 31.1 Å². The lowest BCUT2D eigenvalue weighted by atomic mass is 10.1. The van der Waals surface area contributed by atoms with Crippen LogP contribution in [0.1, 0.15) is 13.3 Å². The summed E-state index contributed by atoms with van der Waals surface area (Å²) in [4.78, 5) is 9.21. The fourth-order valence-electron chi connectivity index (χ4n) is 3.41. The molecule has 1 fully saturated rings. The van der Waals surface area contributed by atoms with Crippen molar-refractivity contribution in [3.8, 4) is 0 Å². The maximum Gasteiger partial charge on any atom is 0.298 e. The van der Waals surface area contributed by atoms with Gasteiger partial charge in [-0.15, -0.1) is 0 Å². The number of anilines is 1. The van der Waals surface area contributed by atoms with E-state index in [4.69, 9.17) is 4.42 Å². The van der Waals surface area contributed by atoms with Gasteiger partial charge in [0.05, 0.1) is 6.54 Å². The first-order valence-corrected chi connectivity index (χ1v) is 8.75. The van der Waals surface area contributed by atoms with Gasteiger partial charge in [-0.05, 0) is 24.6 Å². The number of benzene rings is 1. The molecule has 0 radical (unpaired) electrons. The molecule has 0 aliphatic carbocycles. The molecular formula is C18H22FN5O. The van der Waals surface area contributed by atoms with Crippen LogP contribution in [0.25, 0.3) is 11.1 Å². The lowest BCUT2D eigenvalue weighted by molar-refractivity contribution is 0.205. The van der Waals surface area contributed by atoms with E-state index in [0.717, 1.165) is 39.1 Å². The topological polar surface area (TPSA) is 50.3 Å². The van der Waals surface area contributed by atoms with Gasteiger partial charge in [0.25, 0.3) is 6.01 Å². The number of hydrogen-bond donors (Lipinski definition) is 0. The van der Waals surface area contributed by atoms with Crippen LogP contribution in [-0.2, 0) is 6.54 Å². The predicted molar refractivity (Wildman–Crippen MR) is 94.1 cm³/mol. The quantitative estimate of drug-likeness (QED) is 0.713. The normalized spacial score (nSPS) is 19.0. The fraction of sp³-hybridized carbons (Fsp3) is 0.444.